The molecule has 5 nitrogen and oxygen atoms in total. The predicted molar refractivity (Wildman–Crippen MR) is 77.0 cm³/mol. The zero-order chi connectivity index (χ0) is 16.1. The standard InChI is InChI=1S/C16H16FNO4/c1-10-14(16(20)21)8-13(22-10)9-18-15(19)6-5-11-3-2-4-12(17)7-11/h2-4,7-8H,5-6,9H2,1H3,(H,18,19)(H,20,21). The highest BCUT2D eigenvalue weighted by Crippen LogP contribution is 2.14. The van der Waals surface area contributed by atoms with Gasteiger partial charge in [-0.1, -0.05) is 12.1 Å². The molecule has 0 aliphatic heterocycles. The van der Waals surface area contributed by atoms with E-state index in [-0.39, 0.29) is 30.3 Å². The lowest BCUT2D eigenvalue weighted by atomic mass is 10.1. The summed E-state index contributed by atoms with van der Waals surface area (Å²) < 4.78 is 18.3. The first-order chi connectivity index (χ1) is 10.5. The molecular weight excluding hydrogens is 289 g/mol. The quantitative estimate of drug-likeness (QED) is 0.860. The average Bonchev–Trinajstić information content (AvgIpc) is 2.84. The van der Waals surface area contributed by atoms with Crippen LogP contribution in [0.1, 0.15) is 33.9 Å². The number of halogens is 1. The molecule has 22 heavy (non-hydrogen) atoms. The summed E-state index contributed by atoms with van der Waals surface area (Å²) in [4.78, 5) is 22.6. The third-order valence-corrected chi connectivity index (χ3v) is 3.19. The number of hydrogen-bond acceptors (Lipinski definition) is 3. The molecule has 1 aromatic carbocycles. The number of carboxylic acids is 1. The predicted octanol–water partition coefficient (Wildman–Crippen LogP) is 2.67. The first-order valence-electron chi connectivity index (χ1n) is 6.79. The van der Waals surface area contributed by atoms with Crippen molar-refractivity contribution in [1.82, 2.24) is 5.32 Å². The lowest BCUT2D eigenvalue weighted by molar-refractivity contribution is -0.121. The Morgan fingerprint density at radius 2 is 2.09 bits per heavy atom. The minimum absolute atomic E-state index is 0.0870. The van der Waals surface area contributed by atoms with Gasteiger partial charge in [0, 0.05) is 6.42 Å². The summed E-state index contributed by atoms with van der Waals surface area (Å²) in [6.07, 6.45) is 0.649. The zero-order valence-electron chi connectivity index (χ0n) is 12.1. The second-order valence-electron chi connectivity index (χ2n) is 4.89. The van der Waals surface area contributed by atoms with Gasteiger partial charge in [-0.25, -0.2) is 9.18 Å². The van der Waals surface area contributed by atoms with Gasteiger partial charge in [-0.3, -0.25) is 4.79 Å². The molecule has 0 radical (unpaired) electrons. The number of rotatable bonds is 6. The number of furan rings is 1. The molecule has 0 saturated carbocycles. The lowest BCUT2D eigenvalue weighted by Gasteiger charge is -2.04. The Hall–Kier alpha value is -2.63. The van der Waals surface area contributed by atoms with Crippen molar-refractivity contribution in [2.45, 2.75) is 26.3 Å². The second-order valence-corrected chi connectivity index (χ2v) is 4.89. The van der Waals surface area contributed by atoms with E-state index in [0.717, 1.165) is 5.56 Å². The Morgan fingerprint density at radius 3 is 2.73 bits per heavy atom. The molecule has 1 amide bonds. The van der Waals surface area contributed by atoms with Crippen molar-refractivity contribution in [2.24, 2.45) is 0 Å². The topological polar surface area (TPSA) is 79.5 Å². The average molecular weight is 305 g/mol. The number of carbonyl (C=O) groups is 2. The number of aryl methyl sites for hydroxylation is 2. The fourth-order valence-corrected chi connectivity index (χ4v) is 2.07. The normalized spacial score (nSPS) is 10.5. The Balaban J connectivity index is 1.83. The van der Waals surface area contributed by atoms with Crippen molar-refractivity contribution in [3.05, 3.63) is 58.8 Å². The molecule has 0 fully saturated rings. The van der Waals surface area contributed by atoms with Gasteiger partial charge in [-0.15, -0.1) is 0 Å². The third kappa shape index (κ3) is 4.18. The van der Waals surface area contributed by atoms with E-state index in [1.807, 2.05) is 0 Å². The van der Waals surface area contributed by atoms with Crippen molar-refractivity contribution in [2.75, 3.05) is 0 Å². The fourth-order valence-electron chi connectivity index (χ4n) is 2.07. The van der Waals surface area contributed by atoms with E-state index in [1.165, 1.54) is 18.2 Å². The van der Waals surface area contributed by atoms with Crippen LogP contribution in [0.2, 0.25) is 0 Å². The van der Waals surface area contributed by atoms with Gasteiger partial charge in [-0.05, 0) is 37.1 Å². The van der Waals surface area contributed by atoms with Crippen molar-refractivity contribution in [1.29, 1.82) is 0 Å². The Labute approximate surface area is 126 Å². The van der Waals surface area contributed by atoms with Crippen molar-refractivity contribution >= 4 is 11.9 Å². The summed E-state index contributed by atoms with van der Waals surface area (Å²) in [6.45, 7) is 1.68. The van der Waals surface area contributed by atoms with Crippen LogP contribution in [-0.2, 0) is 17.8 Å². The van der Waals surface area contributed by atoms with E-state index in [9.17, 15) is 14.0 Å². The molecule has 0 spiro atoms. The monoisotopic (exact) mass is 305 g/mol. The van der Waals surface area contributed by atoms with Crippen LogP contribution in [0, 0.1) is 12.7 Å². The molecule has 1 aromatic heterocycles. The SMILES string of the molecule is Cc1oc(CNC(=O)CCc2cccc(F)c2)cc1C(=O)O. The van der Waals surface area contributed by atoms with Crippen molar-refractivity contribution in [3.8, 4) is 0 Å². The highest BCUT2D eigenvalue weighted by atomic mass is 19.1. The fraction of sp³-hybridized carbons (Fsp3) is 0.250. The van der Waals surface area contributed by atoms with Crippen LogP contribution in [-0.4, -0.2) is 17.0 Å². The molecule has 0 atom stereocenters. The van der Waals surface area contributed by atoms with Gasteiger partial charge >= 0.3 is 5.97 Å². The van der Waals surface area contributed by atoms with Gasteiger partial charge in [0.15, 0.2) is 0 Å². The van der Waals surface area contributed by atoms with E-state index in [4.69, 9.17) is 9.52 Å². The van der Waals surface area contributed by atoms with Crippen LogP contribution < -0.4 is 5.32 Å². The van der Waals surface area contributed by atoms with Gasteiger partial charge in [0.25, 0.3) is 0 Å². The number of amides is 1. The zero-order valence-corrected chi connectivity index (χ0v) is 12.1. The number of benzene rings is 1. The van der Waals surface area contributed by atoms with Crippen molar-refractivity contribution in [3.63, 3.8) is 0 Å². The number of hydrogen-bond donors (Lipinski definition) is 2. The van der Waals surface area contributed by atoms with Crippen LogP contribution >= 0.6 is 0 Å². The highest BCUT2D eigenvalue weighted by molar-refractivity contribution is 5.88. The minimum Gasteiger partial charge on any atom is -0.478 e. The minimum atomic E-state index is -1.06. The summed E-state index contributed by atoms with van der Waals surface area (Å²) in [5, 5.41) is 11.6. The number of nitrogens with one attached hydrogen (secondary N) is 1. The molecule has 0 unspecified atom stereocenters. The van der Waals surface area contributed by atoms with E-state index >= 15 is 0 Å². The molecule has 2 N–H and O–H groups in total. The van der Waals surface area contributed by atoms with Crippen LogP contribution in [0.3, 0.4) is 0 Å². The van der Waals surface area contributed by atoms with Gasteiger partial charge in [0.1, 0.15) is 22.9 Å². The van der Waals surface area contributed by atoms with Crippen LogP contribution in [0.25, 0.3) is 0 Å². The maximum Gasteiger partial charge on any atom is 0.339 e. The van der Waals surface area contributed by atoms with Gasteiger partial charge in [0.2, 0.25) is 5.91 Å². The molecule has 0 saturated heterocycles. The van der Waals surface area contributed by atoms with Crippen LogP contribution in [0.15, 0.2) is 34.7 Å². The Bertz CT molecular complexity index is 693. The molecule has 2 aromatic rings. The number of aromatic carboxylic acids is 1. The summed E-state index contributed by atoms with van der Waals surface area (Å²) in [5.41, 5.74) is 0.834. The summed E-state index contributed by atoms with van der Waals surface area (Å²) in [5.74, 6) is -0.921. The molecule has 2 rings (SSSR count). The first-order valence-corrected chi connectivity index (χ1v) is 6.79. The Morgan fingerprint density at radius 1 is 1.32 bits per heavy atom. The van der Waals surface area contributed by atoms with E-state index in [1.54, 1.807) is 19.1 Å². The molecule has 0 aliphatic carbocycles. The highest BCUT2D eigenvalue weighted by Gasteiger charge is 2.14. The third-order valence-electron chi connectivity index (χ3n) is 3.19. The van der Waals surface area contributed by atoms with Gasteiger partial charge in [0.05, 0.1) is 6.54 Å². The molecule has 0 bridgehead atoms. The summed E-state index contributed by atoms with van der Waals surface area (Å²) in [7, 11) is 0. The molecule has 0 aliphatic rings. The summed E-state index contributed by atoms with van der Waals surface area (Å²) >= 11 is 0. The number of carbonyl (C=O) groups excluding carboxylic acids is 1. The van der Waals surface area contributed by atoms with E-state index in [2.05, 4.69) is 5.32 Å². The Kier molecular flexibility index (Phi) is 4.93. The van der Waals surface area contributed by atoms with Gasteiger partial charge in [-0.2, -0.15) is 0 Å². The maximum absolute atomic E-state index is 13.0. The second kappa shape index (κ2) is 6.89. The van der Waals surface area contributed by atoms with Gasteiger partial charge < -0.3 is 14.8 Å². The first kappa shape index (κ1) is 15.8. The van der Waals surface area contributed by atoms with Crippen LogP contribution in [0.4, 0.5) is 4.39 Å². The largest absolute Gasteiger partial charge is 0.478 e. The number of carboxylic acid groups (broad SMARTS) is 1. The maximum atomic E-state index is 13.0. The van der Waals surface area contributed by atoms with E-state index in [0.29, 0.717) is 17.9 Å². The lowest BCUT2D eigenvalue weighted by Crippen LogP contribution is -2.22. The van der Waals surface area contributed by atoms with E-state index < -0.39 is 5.97 Å². The van der Waals surface area contributed by atoms with Crippen LogP contribution in [0.5, 0.6) is 0 Å². The summed E-state index contributed by atoms with van der Waals surface area (Å²) in [6, 6.07) is 7.49. The smallest absolute Gasteiger partial charge is 0.339 e. The molecular formula is C16H16FNO4. The molecule has 116 valence electrons. The molecule has 1 heterocycles. The van der Waals surface area contributed by atoms with Crippen molar-refractivity contribution < 1.29 is 23.5 Å². The molecule has 6 heteroatoms.